The highest BCUT2D eigenvalue weighted by Crippen LogP contribution is 2.18. The number of anilines is 1. The molecule has 0 radical (unpaired) electrons. The van der Waals surface area contributed by atoms with E-state index in [2.05, 4.69) is 16.8 Å². The second-order valence-corrected chi connectivity index (χ2v) is 4.35. The summed E-state index contributed by atoms with van der Waals surface area (Å²) in [5.41, 5.74) is 8.47. The minimum absolute atomic E-state index is 0.215. The van der Waals surface area contributed by atoms with Crippen molar-refractivity contribution in [3.8, 4) is 0 Å². The zero-order valence-corrected chi connectivity index (χ0v) is 11.0. The van der Waals surface area contributed by atoms with E-state index in [4.69, 9.17) is 5.73 Å². The third kappa shape index (κ3) is 3.51. The van der Waals surface area contributed by atoms with Crippen LogP contribution in [0.1, 0.15) is 18.2 Å². The van der Waals surface area contributed by atoms with Crippen molar-refractivity contribution in [2.75, 3.05) is 11.4 Å². The lowest BCUT2D eigenvalue weighted by atomic mass is 10.2. The summed E-state index contributed by atoms with van der Waals surface area (Å²) < 4.78 is 13.3. The molecule has 100 valence electrons. The second kappa shape index (κ2) is 6.29. The highest BCUT2D eigenvalue weighted by atomic mass is 19.1. The Hall–Kier alpha value is -1.94. The lowest BCUT2D eigenvalue weighted by Crippen LogP contribution is -2.22. The highest BCUT2D eigenvalue weighted by molar-refractivity contribution is 5.47. The number of pyridine rings is 1. The largest absolute Gasteiger partial charge is 0.367 e. The zero-order valence-electron chi connectivity index (χ0n) is 11.0. The Bertz CT molecular complexity index is 542. The van der Waals surface area contributed by atoms with Crippen LogP contribution in [-0.4, -0.2) is 11.5 Å². The Labute approximate surface area is 112 Å². The lowest BCUT2D eigenvalue weighted by molar-refractivity contribution is 0.626. The molecule has 0 saturated heterocycles. The SMILES string of the molecule is CCN(Cc1ccnc(CN)c1)c1cccc(F)c1. The summed E-state index contributed by atoms with van der Waals surface area (Å²) in [6.45, 7) is 4.01. The topological polar surface area (TPSA) is 42.2 Å². The summed E-state index contributed by atoms with van der Waals surface area (Å²) in [7, 11) is 0. The quantitative estimate of drug-likeness (QED) is 0.897. The van der Waals surface area contributed by atoms with Gasteiger partial charge in [-0.2, -0.15) is 0 Å². The van der Waals surface area contributed by atoms with Crippen molar-refractivity contribution in [2.45, 2.75) is 20.0 Å². The molecule has 2 aromatic rings. The molecule has 1 heterocycles. The summed E-state index contributed by atoms with van der Waals surface area (Å²) >= 11 is 0. The predicted molar refractivity (Wildman–Crippen MR) is 75.3 cm³/mol. The van der Waals surface area contributed by atoms with Crippen LogP contribution in [0.3, 0.4) is 0 Å². The summed E-state index contributed by atoms with van der Waals surface area (Å²) in [4.78, 5) is 6.28. The molecule has 2 N–H and O–H groups in total. The average molecular weight is 259 g/mol. The Kier molecular flexibility index (Phi) is 4.47. The van der Waals surface area contributed by atoms with Crippen LogP contribution in [0.4, 0.5) is 10.1 Å². The first kappa shape index (κ1) is 13.5. The van der Waals surface area contributed by atoms with E-state index in [1.165, 1.54) is 6.07 Å². The van der Waals surface area contributed by atoms with E-state index in [9.17, 15) is 4.39 Å². The first-order valence-corrected chi connectivity index (χ1v) is 6.37. The smallest absolute Gasteiger partial charge is 0.125 e. The normalized spacial score (nSPS) is 10.5. The van der Waals surface area contributed by atoms with Crippen molar-refractivity contribution >= 4 is 5.69 Å². The van der Waals surface area contributed by atoms with Gasteiger partial charge in [-0.25, -0.2) is 4.39 Å². The van der Waals surface area contributed by atoms with Gasteiger partial charge in [0.25, 0.3) is 0 Å². The van der Waals surface area contributed by atoms with Crippen LogP contribution >= 0.6 is 0 Å². The molecule has 0 fully saturated rings. The van der Waals surface area contributed by atoms with E-state index in [0.717, 1.165) is 30.0 Å². The maximum Gasteiger partial charge on any atom is 0.125 e. The standard InChI is InChI=1S/C15H18FN3/c1-2-19(15-5-3-4-13(16)9-15)11-12-6-7-18-14(8-12)10-17/h3-9H,2,10-11,17H2,1H3. The fraction of sp³-hybridized carbons (Fsp3) is 0.267. The molecule has 2 rings (SSSR count). The first-order valence-electron chi connectivity index (χ1n) is 6.37. The summed E-state index contributed by atoms with van der Waals surface area (Å²) in [5.74, 6) is -0.215. The molecular formula is C15H18FN3. The molecule has 4 heteroatoms. The molecule has 19 heavy (non-hydrogen) atoms. The molecule has 0 atom stereocenters. The van der Waals surface area contributed by atoms with E-state index in [1.807, 2.05) is 18.2 Å². The maximum atomic E-state index is 13.3. The van der Waals surface area contributed by atoms with Crippen LogP contribution in [0.2, 0.25) is 0 Å². The Morgan fingerprint density at radius 3 is 2.79 bits per heavy atom. The number of hydrogen-bond donors (Lipinski definition) is 1. The minimum Gasteiger partial charge on any atom is -0.367 e. The van der Waals surface area contributed by atoms with Crippen molar-refractivity contribution in [3.63, 3.8) is 0 Å². The van der Waals surface area contributed by atoms with E-state index < -0.39 is 0 Å². The Morgan fingerprint density at radius 1 is 1.26 bits per heavy atom. The van der Waals surface area contributed by atoms with Crippen LogP contribution in [0.15, 0.2) is 42.6 Å². The molecule has 0 bridgehead atoms. The van der Waals surface area contributed by atoms with Gasteiger partial charge >= 0.3 is 0 Å². The first-order chi connectivity index (χ1) is 9.22. The molecule has 0 spiro atoms. The number of halogens is 1. The number of aromatic nitrogens is 1. The van der Waals surface area contributed by atoms with Crippen LogP contribution in [0.25, 0.3) is 0 Å². The Morgan fingerprint density at radius 2 is 2.11 bits per heavy atom. The fourth-order valence-corrected chi connectivity index (χ4v) is 2.02. The van der Waals surface area contributed by atoms with Crippen LogP contribution in [0, 0.1) is 5.82 Å². The van der Waals surface area contributed by atoms with E-state index in [-0.39, 0.29) is 5.82 Å². The molecule has 0 unspecified atom stereocenters. The number of benzene rings is 1. The van der Waals surface area contributed by atoms with Gasteiger partial charge in [-0.3, -0.25) is 4.98 Å². The Balaban J connectivity index is 2.18. The van der Waals surface area contributed by atoms with Gasteiger partial charge < -0.3 is 10.6 Å². The number of nitrogens with zero attached hydrogens (tertiary/aromatic N) is 2. The highest BCUT2D eigenvalue weighted by Gasteiger charge is 2.06. The van der Waals surface area contributed by atoms with E-state index in [0.29, 0.717) is 6.54 Å². The molecule has 1 aromatic heterocycles. The van der Waals surface area contributed by atoms with Crippen LogP contribution in [0.5, 0.6) is 0 Å². The third-order valence-corrected chi connectivity index (χ3v) is 3.02. The van der Waals surface area contributed by atoms with Crippen molar-refractivity contribution in [2.24, 2.45) is 5.73 Å². The van der Waals surface area contributed by atoms with Gasteiger partial charge in [-0.05, 0) is 42.8 Å². The second-order valence-electron chi connectivity index (χ2n) is 4.35. The number of nitrogens with two attached hydrogens (primary N) is 1. The maximum absolute atomic E-state index is 13.3. The molecular weight excluding hydrogens is 241 g/mol. The van der Waals surface area contributed by atoms with Gasteiger partial charge in [0.15, 0.2) is 0 Å². The predicted octanol–water partition coefficient (Wildman–Crippen LogP) is 2.71. The molecule has 3 nitrogen and oxygen atoms in total. The number of rotatable bonds is 5. The van der Waals surface area contributed by atoms with Gasteiger partial charge in [0.2, 0.25) is 0 Å². The van der Waals surface area contributed by atoms with Crippen molar-refractivity contribution in [1.82, 2.24) is 4.98 Å². The van der Waals surface area contributed by atoms with Crippen LogP contribution in [-0.2, 0) is 13.1 Å². The molecule has 0 aliphatic heterocycles. The average Bonchev–Trinajstić information content (AvgIpc) is 2.45. The summed E-state index contributed by atoms with van der Waals surface area (Å²) in [5, 5.41) is 0. The minimum atomic E-state index is -0.215. The molecule has 0 amide bonds. The molecule has 0 aliphatic carbocycles. The monoisotopic (exact) mass is 259 g/mol. The van der Waals surface area contributed by atoms with Gasteiger partial charge in [0.1, 0.15) is 5.82 Å². The van der Waals surface area contributed by atoms with Gasteiger partial charge in [-0.1, -0.05) is 6.07 Å². The fourth-order valence-electron chi connectivity index (χ4n) is 2.02. The van der Waals surface area contributed by atoms with E-state index >= 15 is 0 Å². The molecule has 0 aliphatic rings. The summed E-state index contributed by atoms with van der Waals surface area (Å²) in [6.07, 6.45) is 1.76. The zero-order chi connectivity index (χ0) is 13.7. The van der Waals surface area contributed by atoms with Gasteiger partial charge in [0.05, 0.1) is 5.69 Å². The summed E-state index contributed by atoms with van der Waals surface area (Å²) in [6, 6.07) is 10.6. The van der Waals surface area contributed by atoms with Crippen molar-refractivity contribution in [3.05, 3.63) is 59.7 Å². The molecule has 0 saturated carbocycles. The van der Waals surface area contributed by atoms with Crippen LogP contribution < -0.4 is 10.6 Å². The number of hydrogen-bond acceptors (Lipinski definition) is 3. The van der Waals surface area contributed by atoms with E-state index in [1.54, 1.807) is 18.3 Å². The van der Waals surface area contributed by atoms with Crippen molar-refractivity contribution < 1.29 is 4.39 Å². The molecule has 1 aromatic carbocycles. The third-order valence-electron chi connectivity index (χ3n) is 3.02. The van der Waals surface area contributed by atoms with Gasteiger partial charge in [0, 0.05) is 31.5 Å². The lowest BCUT2D eigenvalue weighted by Gasteiger charge is -2.23. The van der Waals surface area contributed by atoms with Crippen molar-refractivity contribution in [1.29, 1.82) is 0 Å². The van der Waals surface area contributed by atoms with Gasteiger partial charge in [-0.15, -0.1) is 0 Å².